The van der Waals surface area contributed by atoms with Crippen molar-refractivity contribution in [1.29, 1.82) is 0 Å². The lowest BCUT2D eigenvalue weighted by atomic mass is 9.86. The molecule has 0 aromatic heterocycles. The number of carbonyl (C=O) groups is 2. The molecule has 1 heterocycles. The molecule has 1 aliphatic carbocycles. The van der Waals surface area contributed by atoms with Gasteiger partial charge in [-0.05, 0) is 44.9 Å². The Morgan fingerprint density at radius 3 is 2.67 bits per heavy atom. The minimum absolute atomic E-state index is 0.00371. The van der Waals surface area contributed by atoms with E-state index in [1.807, 2.05) is 6.92 Å². The van der Waals surface area contributed by atoms with E-state index in [9.17, 15) is 9.59 Å². The Balaban J connectivity index is 1.97. The lowest BCUT2D eigenvalue weighted by Gasteiger charge is -2.36. The molecule has 5 heteroatoms. The smallest absolute Gasteiger partial charge is 0.245 e. The fourth-order valence-electron chi connectivity index (χ4n) is 3.43. The van der Waals surface area contributed by atoms with E-state index >= 15 is 0 Å². The van der Waals surface area contributed by atoms with Gasteiger partial charge in [0, 0.05) is 26.1 Å². The van der Waals surface area contributed by atoms with Gasteiger partial charge in [-0.3, -0.25) is 9.59 Å². The molecule has 5 nitrogen and oxygen atoms in total. The second kappa shape index (κ2) is 6.77. The maximum atomic E-state index is 12.7. The van der Waals surface area contributed by atoms with Gasteiger partial charge < -0.3 is 15.0 Å². The van der Waals surface area contributed by atoms with Crippen LogP contribution in [0.1, 0.15) is 52.4 Å². The molecule has 0 radical (unpaired) electrons. The molecule has 2 amide bonds. The third-order valence-electron chi connectivity index (χ3n) is 5.08. The number of nitrogens with one attached hydrogen (secondary N) is 1. The Kier molecular flexibility index (Phi) is 5.25. The molecule has 1 unspecified atom stereocenters. The summed E-state index contributed by atoms with van der Waals surface area (Å²) in [6.07, 6.45) is 5.51. The van der Waals surface area contributed by atoms with Crippen molar-refractivity contribution >= 4 is 11.8 Å². The summed E-state index contributed by atoms with van der Waals surface area (Å²) in [5.74, 6) is 0.825. The topological polar surface area (TPSA) is 58.6 Å². The maximum absolute atomic E-state index is 12.7. The molecule has 2 fully saturated rings. The van der Waals surface area contributed by atoms with Crippen molar-refractivity contribution in [1.82, 2.24) is 10.2 Å². The highest BCUT2D eigenvalue weighted by atomic mass is 16.5. The summed E-state index contributed by atoms with van der Waals surface area (Å²) in [4.78, 5) is 26.4. The summed E-state index contributed by atoms with van der Waals surface area (Å²) in [5.41, 5.74) is -0.710. The van der Waals surface area contributed by atoms with Crippen LogP contribution in [0.25, 0.3) is 0 Å². The third-order valence-corrected chi connectivity index (χ3v) is 5.08. The lowest BCUT2D eigenvalue weighted by molar-refractivity contribution is -0.141. The predicted octanol–water partition coefficient (Wildman–Crippen LogP) is 1.71. The number of hydrogen-bond acceptors (Lipinski definition) is 3. The summed E-state index contributed by atoms with van der Waals surface area (Å²) in [7, 11) is 1.61. The Morgan fingerprint density at radius 1 is 1.38 bits per heavy atom. The zero-order valence-corrected chi connectivity index (χ0v) is 13.5. The predicted molar refractivity (Wildman–Crippen MR) is 80.8 cm³/mol. The largest absolute Gasteiger partial charge is 0.383 e. The van der Waals surface area contributed by atoms with Crippen LogP contribution in [0.3, 0.4) is 0 Å². The van der Waals surface area contributed by atoms with Crippen LogP contribution in [-0.2, 0) is 14.3 Å². The van der Waals surface area contributed by atoms with Crippen molar-refractivity contribution in [2.24, 2.45) is 5.92 Å². The minimum Gasteiger partial charge on any atom is -0.383 e. The average molecular weight is 296 g/mol. The molecule has 0 spiro atoms. The highest BCUT2D eigenvalue weighted by Gasteiger charge is 2.47. The van der Waals surface area contributed by atoms with Gasteiger partial charge in [0.25, 0.3) is 0 Å². The molecule has 0 aromatic rings. The van der Waals surface area contributed by atoms with Crippen LogP contribution < -0.4 is 5.32 Å². The molecule has 1 N–H and O–H groups in total. The minimum atomic E-state index is -0.710. The van der Waals surface area contributed by atoms with Crippen molar-refractivity contribution in [3.05, 3.63) is 0 Å². The van der Waals surface area contributed by atoms with E-state index in [-0.39, 0.29) is 17.9 Å². The van der Waals surface area contributed by atoms with Crippen LogP contribution in [0.15, 0.2) is 0 Å². The van der Waals surface area contributed by atoms with E-state index in [4.69, 9.17) is 4.74 Å². The van der Waals surface area contributed by atoms with Gasteiger partial charge in [-0.2, -0.15) is 0 Å². The first-order chi connectivity index (χ1) is 9.97. The maximum Gasteiger partial charge on any atom is 0.245 e. The van der Waals surface area contributed by atoms with E-state index in [1.165, 1.54) is 12.8 Å². The van der Waals surface area contributed by atoms with Crippen LogP contribution >= 0.6 is 0 Å². The molecule has 1 saturated carbocycles. The summed E-state index contributed by atoms with van der Waals surface area (Å²) in [5, 5.41) is 3.18. The molecule has 1 aliphatic heterocycles. The third kappa shape index (κ3) is 3.57. The molecule has 0 aromatic carbocycles. The van der Waals surface area contributed by atoms with E-state index in [0.717, 1.165) is 18.8 Å². The van der Waals surface area contributed by atoms with E-state index in [2.05, 4.69) is 12.2 Å². The molecule has 1 atom stereocenters. The Morgan fingerprint density at radius 2 is 2.05 bits per heavy atom. The van der Waals surface area contributed by atoms with Crippen LogP contribution in [0, 0.1) is 5.92 Å². The zero-order valence-electron chi connectivity index (χ0n) is 13.5. The van der Waals surface area contributed by atoms with Gasteiger partial charge in [0.15, 0.2) is 0 Å². The number of amides is 2. The van der Waals surface area contributed by atoms with Crippen LogP contribution in [0.5, 0.6) is 0 Å². The fraction of sp³-hybridized carbons (Fsp3) is 0.875. The first-order valence-corrected chi connectivity index (χ1v) is 8.07. The second-order valence-electron chi connectivity index (χ2n) is 6.74. The molecule has 2 rings (SSSR count). The Bertz CT molecular complexity index is 391. The molecule has 0 bridgehead atoms. The first kappa shape index (κ1) is 16.3. The van der Waals surface area contributed by atoms with Crippen LogP contribution in [-0.4, -0.2) is 48.6 Å². The molecule has 21 heavy (non-hydrogen) atoms. The number of likely N-dealkylation sites (tertiary alicyclic amines) is 1. The molecule has 2 aliphatic rings. The number of hydrogen-bond donors (Lipinski definition) is 1. The van der Waals surface area contributed by atoms with Gasteiger partial charge in [0.2, 0.25) is 11.8 Å². The van der Waals surface area contributed by atoms with Gasteiger partial charge in [0.1, 0.15) is 5.54 Å². The molecule has 120 valence electrons. The monoisotopic (exact) mass is 296 g/mol. The molecular weight excluding hydrogens is 268 g/mol. The number of methoxy groups -OCH3 is 1. The van der Waals surface area contributed by atoms with Crippen LogP contribution in [0.4, 0.5) is 0 Å². The SMILES string of the molecule is COCCN1C(=O)CCC1(C)C(=O)NC1CCC(C)CC1. The van der Waals surface area contributed by atoms with Gasteiger partial charge >= 0.3 is 0 Å². The number of rotatable bonds is 5. The van der Waals surface area contributed by atoms with E-state index in [0.29, 0.717) is 26.0 Å². The lowest BCUT2D eigenvalue weighted by Crippen LogP contribution is -2.57. The normalized spacial score (nSPS) is 33.3. The van der Waals surface area contributed by atoms with Gasteiger partial charge in [-0.25, -0.2) is 0 Å². The number of nitrogens with zero attached hydrogens (tertiary/aromatic N) is 1. The molecule has 1 saturated heterocycles. The van der Waals surface area contributed by atoms with Crippen molar-refractivity contribution in [2.75, 3.05) is 20.3 Å². The second-order valence-corrected chi connectivity index (χ2v) is 6.74. The summed E-state index contributed by atoms with van der Waals surface area (Å²) < 4.78 is 5.06. The van der Waals surface area contributed by atoms with Crippen molar-refractivity contribution in [3.63, 3.8) is 0 Å². The highest BCUT2D eigenvalue weighted by Crippen LogP contribution is 2.31. The Labute approximate surface area is 127 Å². The van der Waals surface area contributed by atoms with Crippen molar-refractivity contribution in [3.8, 4) is 0 Å². The average Bonchev–Trinajstić information content (AvgIpc) is 2.76. The fourth-order valence-corrected chi connectivity index (χ4v) is 3.43. The number of carbonyl (C=O) groups excluding carboxylic acids is 2. The summed E-state index contributed by atoms with van der Waals surface area (Å²) >= 11 is 0. The first-order valence-electron chi connectivity index (χ1n) is 8.07. The van der Waals surface area contributed by atoms with Gasteiger partial charge in [-0.15, -0.1) is 0 Å². The van der Waals surface area contributed by atoms with E-state index < -0.39 is 5.54 Å². The van der Waals surface area contributed by atoms with Crippen LogP contribution in [0.2, 0.25) is 0 Å². The van der Waals surface area contributed by atoms with Gasteiger partial charge in [-0.1, -0.05) is 6.92 Å². The molecular formula is C16H28N2O3. The highest BCUT2D eigenvalue weighted by molar-refractivity contribution is 5.94. The van der Waals surface area contributed by atoms with E-state index in [1.54, 1.807) is 12.0 Å². The number of ether oxygens (including phenoxy) is 1. The Hall–Kier alpha value is -1.10. The van der Waals surface area contributed by atoms with Gasteiger partial charge in [0.05, 0.1) is 6.61 Å². The zero-order chi connectivity index (χ0) is 15.5. The summed E-state index contributed by atoms with van der Waals surface area (Å²) in [6, 6.07) is 0.269. The van der Waals surface area contributed by atoms with Crippen molar-refractivity contribution in [2.45, 2.75) is 64.0 Å². The van der Waals surface area contributed by atoms with Crippen molar-refractivity contribution < 1.29 is 14.3 Å². The summed E-state index contributed by atoms with van der Waals surface area (Å²) in [6.45, 7) is 5.10. The standard InChI is InChI=1S/C16H28N2O3/c1-12-4-6-13(7-5-12)17-15(20)16(2)9-8-14(19)18(16)10-11-21-3/h12-13H,4-11H2,1-3H3,(H,17,20). The quantitative estimate of drug-likeness (QED) is 0.840.